The molecule has 0 fully saturated rings. The molecular formula is C12H13BrClN5. The van der Waals surface area contributed by atoms with E-state index in [-0.39, 0.29) is 5.28 Å². The Hall–Kier alpha value is -1.40. The maximum atomic E-state index is 5.88. The number of aromatic nitrogens is 3. The zero-order chi connectivity index (χ0) is 14.0. The molecule has 0 unspecified atom stereocenters. The van der Waals surface area contributed by atoms with Crippen molar-refractivity contribution in [2.24, 2.45) is 0 Å². The highest BCUT2D eigenvalue weighted by Crippen LogP contribution is 2.22. The molecule has 7 heteroatoms. The van der Waals surface area contributed by atoms with E-state index in [0.717, 1.165) is 15.7 Å². The second kappa shape index (κ2) is 5.71. The Balaban J connectivity index is 2.32. The van der Waals surface area contributed by atoms with Gasteiger partial charge in [-0.15, -0.1) is 0 Å². The molecule has 1 heterocycles. The lowest BCUT2D eigenvalue weighted by Crippen LogP contribution is -2.14. The van der Waals surface area contributed by atoms with Crippen LogP contribution in [0.5, 0.6) is 0 Å². The van der Waals surface area contributed by atoms with Crippen LogP contribution in [-0.2, 0) is 0 Å². The second-order valence-corrected chi connectivity index (χ2v) is 5.52. The Morgan fingerprint density at radius 3 is 2.53 bits per heavy atom. The van der Waals surface area contributed by atoms with Gasteiger partial charge in [0.05, 0.1) is 0 Å². The number of hydrogen-bond acceptors (Lipinski definition) is 5. The fourth-order valence-electron chi connectivity index (χ4n) is 1.53. The number of benzene rings is 1. The Kier molecular flexibility index (Phi) is 4.21. The highest BCUT2D eigenvalue weighted by molar-refractivity contribution is 9.10. The number of rotatable bonds is 3. The van der Waals surface area contributed by atoms with Gasteiger partial charge in [0.2, 0.25) is 17.2 Å². The highest BCUT2D eigenvalue weighted by atomic mass is 79.9. The number of nitrogens with zero attached hydrogens (tertiary/aromatic N) is 4. The normalized spacial score (nSPS) is 10.4. The largest absolute Gasteiger partial charge is 0.347 e. The van der Waals surface area contributed by atoms with E-state index >= 15 is 0 Å². The summed E-state index contributed by atoms with van der Waals surface area (Å²) in [7, 11) is 3.69. The lowest BCUT2D eigenvalue weighted by Gasteiger charge is -2.12. The van der Waals surface area contributed by atoms with Gasteiger partial charge < -0.3 is 10.2 Å². The number of nitrogens with one attached hydrogen (secondary N) is 1. The predicted octanol–water partition coefficient (Wildman–Crippen LogP) is 3.41. The highest BCUT2D eigenvalue weighted by Gasteiger charge is 2.07. The molecule has 0 spiro atoms. The van der Waals surface area contributed by atoms with Crippen LogP contribution >= 0.6 is 27.5 Å². The van der Waals surface area contributed by atoms with E-state index in [4.69, 9.17) is 11.6 Å². The van der Waals surface area contributed by atoms with Gasteiger partial charge in [-0.3, -0.25) is 0 Å². The Morgan fingerprint density at radius 1 is 1.16 bits per heavy atom. The molecule has 1 N–H and O–H groups in total. The Labute approximate surface area is 125 Å². The summed E-state index contributed by atoms with van der Waals surface area (Å²) >= 11 is 9.34. The lowest BCUT2D eigenvalue weighted by molar-refractivity contribution is 0.961. The summed E-state index contributed by atoms with van der Waals surface area (Å²) in [6, 6.07) is 5.97. The summed E-state index contributed by atoms with van der Waals surface area (Å²) < 4.78 is 0.989. The minimum Gasteiger partial charge on any atom is -0.347 e. The fraction of sp³-hybridized carbons (Fsp3) is 0.250. The van der Waals surface area contributed by atoms with Crippen LogP contribution in [0.4, 0.5) is 17.6 Å². The molecule has 1 aromatic carbocycles. The molecule has 5 nitrogen and oxygen atoms in total. The average Bonchev–Trinajstić information content (AvgIpc) is 2.26. The van der Waals surface area contributed by atoms with Crippen molar-refractivity contribution in [3.63, 3.8) is 0 Å². The molecule has 0 aliphatic rings. The fourth-order valence-corrected chi connectivity index (χ4v) is 2.30. The zero-order valence-electron chi connectivity index (χ0n) is 10.8. The van der Waals surface area contributed by atoms with E-state index in [2.05, 4.69) is 36.2 Å². The zero-order valence-corrected chi connectivity index (χ0v) is 13.1. The number of aryl methyl sites for hydroxylation is 1. The molecule has 0 bridgehead atoms. The third-order valence-corrected chi connectivity index (χ3v) is 2.92. The monoisotopic (exact) mass is 341 g/mol. The van der Waals surface area contributed by atoms with Crippen molar-refractivity contribution in [3.05, 3.63) is 33.5 Å². The van der Waals surface area contributed by atoms with Crippen LogP contribution < -0.4 is 10.2 Å². The van der Waals surface area contributed by atoms with E-state index in [9.17, 15) is 0 Å². The van der Waals surface area contributed by atoms with Crippen LogP contribution in [0.2, 0.25) is 5.28 Å². The van der Waals surface area contributed by atoms with Gasteiger partial charge >= 0.3 is 0 Å². The van der Waals surface area contributed by atoms with Gasteiger partial charge in [0.15, 0.2) is 0 Å². The molecule has 2 aromatic rings. The lowest BCUT2D eigenvalue weighted by atomic mass is 10.2. The van der Waals surface area contributed by atoms with Gasteiger partial charge in [-0.1, -0.05) is 15.9 Å². The third-order valence-electron chi connectivity index (χ3n) is 2.29. The first-order valence-electron chi connectivity index (χ1n) is 5.57. The first-order chi connectivity index (χ1) is 8.94. The summed E-state index contributed by atoms with van der Waals surface area (Å²) in [5.41, 5.74) is 2.02. The molecule has 0 atom stereocenters. The van der Waals surface area contributed by atoms with Gasteiger partial charge in [0.25, 0.3) is 0 Å². The number of hydrogen-bond donors (Lipinski definition) is 1. The molecule has 2 rings (SSSR count). The minimum absolute atomic E-state index is 0.160. The smallest absolute Gasteiger partial charge is 0.233 e. The number of halogens is 2. The maximum absolute atomic E-state index is 5.88. The Morgan fingerprint density at radius 2 is 1.89 bits per heavy atom. The summed E-state index contributed by atoms with van der Waals surface area (Å²) in [4.78, 5) is 14.1. The van der Waals surface area contributed by atoms with Crippen LogP contribution in [0.1, 0.15) is 5.56 Å². The quantitative estimate of drug-likeness (QED) is 0.926. The van der Waals surface area contributed by atoms with Crippen LogP contribution in [0, 0.1) is 6.92 Å². The second-order valence-electron chi connectivity index (χ2n) is 4.26. The van der Waals surface area contributed by atoms with Crippen molar-refractivity contribution in [3.8, 4) is 0 Å². The van der Waals surface area contributed by atoms with Gasteiger partial charge in [-0.2, -0.15) is 15.0 Å². The van der Waals surface area contributed by atoms with Crippen LogP contribution in [0.25, 0.3) is 0 Å². The van der Waals surface area contributed by atoms with E-state index in [1.54, 1.807) is 4.90 Å². The van der Waals surface area contributed by atoms with E-state index in [0.29, 0.717) is 11.9 Å². The van der Waals surface area contributed by atoms with Crippen molar-refractivity contribution in [2.45, 2.75) is 6.92 Å². The summed E-state index contributed by atoms with van der Waals surface area (Å²) in [5.74, 6) is 0.926. The molecule has 0 aliphatic heterocycles. The molecule has 0 saturated heterocycles. The molecule has 0 amide bonds. The van der Waals surface area contributed by atoms with Crippen LogP contribution in [0.15, 0.2) is 22.7 Å². The van der Waals surface area contributed by atoms with Crippen molar-refractivity contribution < 1.29 is 0 Å². The predicted molar refractivity (Wildman–Crippen MR) is 81.3 cm³/mol. The molecule has 0 saturated carbocycles. The third kappa shape index (κ3) is 3.78. The summed E-state index contributed by atoms with van der Waals surface area (Å²) in [5, 5.41) is 3.28. The SMILES string of the molecule is Cc1cc(Br)cc(Nc2nc(Cl)nc(N(C)C)n2)c1. The minimum atomic E-state index is 0.160. The maximum Gasteiger partial charge on any atom is 0.233 e. The molecule has 0 radical (unpaired) electrons. The average molecular weight is 343 g/mol. The van der Waals surface area contributed by atoms with Crippen molar-refractivity contribution in [1.29, 1.82) is 0 Å². The molecule has 19 heavy (non-hydrogen) atoms. The summed E-state index contributed by atoms with van der Waals surface area (Å²) in [6.45, 7) is 2.02. The van der Waals surface area contributed by atoms with Gasteiger partial charge in [-0.25, -0.2) is 0 Å². The standard InChI is InChI=1S/C12H13BrClN5/c1-7-4-8(13)6-9(5-7)15-11-16-10(14)17-12(18-11)19(2)3/h4-6H,1-3H3,(H,15,16,17,18). The van der Waals surface area contributed by atoms with E-state index in [1.807, 2.05) is 39.2 Å². The first kappa shape index (κ1) is 14.0. The van der Waals surface area contributed by atoms with E-state index in [1.165, 1.54) is 0 Å². The number of anilines is 3. The van der Waals surface area contributed by atoms with Crippen molar-refractivity contribution >= 4 is 45.1 Å². The van der Waals surface area contributed by atoms with Crippen LogP contribution in [-0.4, -0.2) is 29.0 Å². The molecular weight excluding hydrogens is 330 g/mol. The van der Waals surface area contributed by atoms with E-state index < -0.39 is 0 Å². The first-order valence-corrected chi connectivity index (χ1v) is 6.74. The topological polar surface area (TPSA) is 53.9 Å². The molecule has 1 aromatic heterocycles. The van der Waals surface area contributed by atoms with Gasteiger partial charge in [0, 0.05) is 24.3 Å². The van der Waals surface area contributed by atoms with Crippen molar-refractivity contribution in [1.82, 2.24) is 15.0 Å². The van der Waals surface area contributed by atoms with Gasteiger partial charge in [0.1, 0.15) is 0 Å². The Bertz CT molecular complexity index is 582. The van der Waals surface area contributed by atoms with Crippen LogP contribution in [0.3, 0.4) is 0 Å². The van der Waals surface area contributed by atoms with Crippen molar-refractivity contribution in [2.75, 3.05) is 24.3 Å². The summed E-state index contributed by atoms with van der Waals surface area (Å²) in [6.07, 6.45) is 0. The molecule has 100 valence electrons. The molecule has 0 aliphatic carbocycles. The van der Waals surface area contributed by atoms with Gasteiger partial charge in [-0.05, 0) is 42.3 Å².